The molecule has 27 heavy (non-hydrogen) atoms. The molecule has 1 aromatic heterocycles. The van der Waals surface area contributed by atoms with Gasteiger partial charge in [0.1, 0.15) is 11.9 Å². The first kappa shape index (κ1) is 16.7. The van der Waals surface area contributed by atoms with E-state index in [2.05, 4.69) is 4.98 Å². The number of nitrogens with zero attached hydrogens (tertiary/aromatic N) is 2. The van der Waals surface area contributed by atoms with Gasteiger partial charge in [0.05, 0.1) is 16.9 Å². The van der Waals surface area contributed by atoms with Crippen LogP contribution in [-0.4, -0.2) is 15.7 Å². The third kappa shape index (κ3) is 3.10. The first-order chi connectivity index (χ1) is 13.1. The minimum absolute atomic E-state index is 0.0489. The average Bonchev–Trinajstić information content (AvgIpc) is 2.69. The van der Waals surface area contributed by atoms with Crippen LogP contribution in [0.25, 0.3) is 0 Å². The highest BCUT2D eigenvalue weighted by atomic mass is 16.7. The van der Waals surface area contributed by atoms with E-state index >= 15 is 0 Å². The van der Waals surface area contributed by atoms with E-state index in [-0.39, 0.29) is 23.8 Å². The lowest BCUT2D eigenvalue weighted by atomic mass is 9.93. The molecule has 0 fully saturated rings. The van der Waals surface area contributed by atoms with Crippen LogP contribution in [0.15, 0.2) is 72.9 Å². The van der Waals surface area contributed by atoms with E-state index in [1.807, 2.05) is 18.2 Å². The van der Waals surface area contributed by atoms with Crippen molar-refractivity contribution in [3.63, 3.8) is 0 Å². The van der Waals surface area contributed by atoms with Gasteiger partial charge in [-0.25, -0.2) is 4.98 Å². The Kier molecular flexibility index (Phi) is 4.04. The van der Waals surface area contributed by atoms with E-state index in [1.54, 1.807) is 36.4 Å². The Morgan fingerprint density at radius 1 is 1.04 bits per heavy atom. The fraction of sp³-hybridized carbons (Fsp3) is 0.100. The number of benzene rings is 2. The molecule has 3 aromatic rings. The summed E-state index contributed by atoms with van der Waals surface area (Å²) in [6.45, 7) is 0. The minimum Gasteiger partial charge on any atom is -0.447 e. The third-order valence-corrected chi connectivity index (χ3v) is 4.27. The van der Waals surface area contributed by atoms with E-state index in [1.165, 1.54) is 12.1 Å². The van der Waals surface area contributed by atoms with Crippen molar-refractivity contribution in [2.24, 2.45) is 0 Å². The smallest absolute Gasteiger partial charge is 0.287 e. The van der Waals surface area contributed by atoms with Gasteiger partial charge >= 0.3 is 0 Å². The topological polar surface area (TPSA) is 91.6 Å². The van der Waals surface area contributed by atoms with Crippen molar-refractivity contribution in [3.05, 3.63) is 94.2 Å². The van der Waals surface area contributed by atoms with Crippen LogP contribution in [0.1, 0.15) is 22.3 Å². The van der Waals surface area contributed by atoms with Crippen LogP contribution < -0.4 is 9.47 Å². The molecule has 0 saturated carbocycles. The molecular weight excluding hydrogens is 348 g/mol. The van der Waals surface area contributed by atoms with Crippen LogP contribution in [0.3, 0.4) is 0 Å². The zero-order valence-corrected chi connectivity index (χ0v) is 14.1. The fourth-order valence-corrected chi connectivity index (χ4v) is 2.98. The monoisotopic (exact) mass is 362 g/mol. The predicted octanol–water partition coefficient (Wildman–Crippen LogP) is 3.89. The highest BCUT2D eigenvalue weighted by Gasteiger charge is 2.45. The third-order valence-electron chi connectivity index (χ3n) is 4.27. The van der Waals surface area contributed by atoms with Gasteiger partial charge in [0, 0.05) is 17.7 Å². The SMILES string of the molecule is O=C1CC(Oc2ccc([N+](=O)[O-])cn2)(c2ccccc2)Oc2ccccc21. The van der Waals surface area contributed by atoms with Crippen LogP contribution in [0.2, 0.25) is 0 Å². The average molecular weight is 362 g/mol. The molecule has 0 saturated heterocycles. The van der Waals surface area contributed by atoms with Crippen LogP contribution in [0, 0.1) is 10.1 Å². The summed E-state index contributed by atoms with van der Waals surface area (Å²) in [6.07, 6.45) is 1.05. The summed E-state index contributed by atoms with van der Waals surface area (Å²) in [5.74, 6) is -0.991. The number of rotatable bonds is 4. The molecule has 1 aliphatic rings. The van der Waals surface area contributed by atoms with Crippen LogP contribution in [0.5, 0.6) is 11.6 Å². The van der Waals surface area contributed by atoms with E-state index in [4.69, 9.17) is 9.47 Å². The van der Waals surface area contributed by atoms with Gasteiger partial charge in [-0.2, -0.15) is 0 Å². The lowest BCUT2D eigenvalue weighted by Crippen LogP contribution is -2.44. The van der Waals surface area contributed by atoms with Gasteiger partial charge in [-0.3, -0.25) is 14.9 Å². The number of carbonyl (C=O) groups excluding carboxylic acids is 1. The summed E-state index contributed by atoms with van der Waals surface area (Å²) in [5, 5.41) is 10.8. The lowest BCUT2D eigenvalue weighted by molar-refractivity contribution is -0.385. The van der Waals surface area contributed by atoms with Crippen molar-refractivity contribution in [3.8, 4) is 11.6 Å². The van der Waals surface area contributed by atoms with Crippen molar-refractivity contribution in [2.75, 3.05) is 0 Å². The molecule has 0 N–H and O–H groups in total. The maximum atomic E-state index is 12.7. The molecule has 1 unspecified atom stereocenters. The molecule has 2 aromatic carbocycles. The Balaban J connectivity index is 1.77. The summed E-state index contributed by atoms with van der Waals surface area (Å²) < 4.78 is 12.2. The van der Waals surface area contributed by atoms with Crippen LogP contribution in [0.4, 0.5) is 5.69 Å². The number of pyridine rings is 1. The van der Waals surface area contributed by atoms with Gasteiger partial charge < -0.3 is 9.47 Å². The van der Waals surface area contributed by atoms with Crippen LogP contribution >= 0.6 is 0 Å². The number of fused-ring (bicyclic) bond motifs is 1. The second-order valence-corrected chi connectivity index (χ2v) is 6.03. The van der Waals surface area contributed by atoms with Crippen molar-refractivity contribution >= 4 is 11.5 Å². The van der Waals surface area contributed by atoms with Crippen molar-refractivity contribution in [1.29, 1.82) is 0 Å². The van der Waals surface area contributed by atoms with Crippen molar-refractivity contribution < 1.29 is 19.2 Å². The van der Waals surface area contributed by atoms with E-state index < -0.39 is 10.7 Å². The largest absolute Gasteiger partial charge is 0.447 e. The number of hydrogen-bond acceptors (Lipinski definition) is 6. The molecule has 0 aliphatic carbocycles. The number of ether oxygens (including phenoxy) is 2. The molecule has 7 nitrogen and oxygen atoms in total. The minimum atomic E-state index is -1.41. The number of hydrogen-bond donors (Lipinski definition) is 0. The summed E-state index contributed by atoms with van der Waals surface area (Å²) in [4.78, 5) is 27.0. The molecule has 0 radical (unpaired) electrons. The normalized spacial score (nSPS) is 18.3. The zero-order valence-electron chi connectivity index (χ0n) is 14.1. The summed E-state index contributed by atoms with van der Waals surface area (Å²) >= 11 is 0. The number of carbonyl (C=O) groups is 1. The molecule has 2 heterocycles. The van der Waals surface area contributed by atoms with E-state index in [0.29, 0.717) is 16.9 Å². The Bertz CT molecular complexity index is 1000. The molecular formula is C20H14N2O5. The van der Waals surface area contributed by atoms with Gasteiger partial charge in [-0.15, -0.1) is 0 Å². The quantitative estimate of drug-likeness (QED) is 0.516. The van der Waals surface area contributed by atoms with Gasteiger partial charge in [0.2, 0.25) is 5.88 Å². The Hall–Kier alpha value is -3.74. The Morgan fingerprint density at radius 2 is 1.78 bits per heavy atom. The van der Waals surface area contributed by atoms with Gasteiger partial charge in [-0.1, -0.05) is 42.5 Å². The van der Waals surface area contributed by atoms with Gasteiger partial charge in [0.15, 0.2) is 5.78 Å². The zero-order chi connectivity index (χ0) is 18.9. The van der Waals surface area contributed by atoms with Crippen molar-refractivity contribution in [2.45, 2.75) is 12.2 Å². The highest BCUT2D eigenvalue weighted by molar-refractivity contribution is 6.00. The maximum Gasteiger partial charge on any atom is 0.287 e. The Morgan fingerprint density at radius 3 is 2.48 bits per heavy atom. The Labute approximate surface area is 154 Å². The second kappa shape index (κ2) is 6.53. The molecule has 4 rings (SSSR count). The summed E-state index contributed by atoms with van der Waals surface area (Å²) in [5.41, 5.74) is 0.986. The number of aromatic nitrogens is 1. The molecule has 1 atom stereocenters. The molecule has 0 bridgehead atoms. The van der Waals surface area contributed by atoms with Crippen molar-refractivity contribution in [1.82, 2.24) is 4.98 Å². The highest BCUT2D eigenvalue weighted by Crippen LogP contribution is 2.40. The summed E-state index contributed by atoms with van der Waals surface area (Å²) in [7, 11) is 0. The van der Waals surface area contributed by atoms with Crippen LogP contribution in [-0.2, 0) is 5.79 Å². The molecule has 7 heteroatoms. The lowest BCUT2D eigenvalue weighted by Gasteiger charge is -2.37. The molecule has 134 valence electrons. The number of nitro groups is 1. The van der Waals surface area contributed by atoms with Gasteiger partial charge in [-0.05, 0) is 12.1 Å². The number of ketones is 1. The molecule has 0 spiro atoms. The second-order valence-electron chi connectivity index (χ2n) is 6.03. The molecule has 0 amide bonds. The maximum absolute atomic E-state index is 12.7. The molecule has 1 aliphatic heterocycles. The first-order valence-corrected chi connectivity index (χ1v) is 8.24. The standard InChI is InChI=1S/C20H14N2O5/c23-17-12-20(14-6-2-1-3-7-14,26-18-9-5-4-8-16(17)18)27-19-11-10-15(13-21-19)22(24)25/h1-11,13H,12H2. The van der Waals surface area contributed by atoms with Gasteiger partial charge in [0.25, 0.3) is 11.5 Å². The summed E-state index contributed by atoms with van der Waals surface area (Å²) in [6, 6.07) is 18.7. The fourth-order valence-electron chi connectivity index (χ4n) is 2.98. The first-order valence-electron chi connectivity index (χ1n) is 8.24. The number of para-hydroxylation sites is 1. The van der Waals surface area contributed by atoms with E-state index in [9.17, 15) is 14.9 Å². The number of Topliss-reactive ketones (excluding diaryl/α,β-unsaturated/α-hetero) is 1. The van der Waals surface area contributed by atoms with E-state index in [0.717, 1.165) is 6.20 Å². The predicted molar refractivity (Wildman–Crippen MR) is 95.7 cm³/mol.